The summed E-state index contributed by atoms with van der Waals surface area (Å²) in [6.07, 6.45) is 0. The molecule has 1 saturated heterocycles. The van der Waals surface area contributed by atoms with Crippen LogP contribution in [-0.2, 0) is 15.1 Å². The molecule has 2 aromatic carbocycles. The van der Waals surface area contributed by atoms with E-state index < -0.39 is 29.9 Å². The molecule has 7 nitrogen and oxygen atoms in total. The standard InChI is InChI=1S/C20H20ClN3O4/c1-12-10-14(21)6-9-16(12)22-17(25)11-24-18(26)20(2,23-19(24)27)13-4-7-15(28-3)8-5-13/h4-10H,11H2,1-3H3,(H,22,25)(H,23,27). The number of aryl methyl sites for hydroxylation is 1. The van der Waals surface area contributed by atoms with E-state index in [9.17, 15) is 14.4 Å². The predicted octanol–water partition coefficient (Wildman–Crippen LogP) is 3.06. The van der Waals surface area contributed by atoms with Gasteiger partial charge in [-0.15, -0.1) is 0 Å². The maximum Gasteiger partial charge on any atom is 0.325 e. The van der Waals surface area contributed by atoms with Crippen molar-refractivity contribution in [1.82, 2.24) is 10.2 Å². The Bertz CT molecular complexity index is 945. The largest absolute Gasteiger partial charge is 0.497 e. The Hall–Kier alpha value is -3.06. The summed E-state index contributed by atoms with van der Waals surface area (Å²) in [4.78, 5) is 38.6. The highest BCUT2D eigenvalue weighted by atomic mass is 35.5. The minimum Gasteiger partial charge on any atom is -0.497 e. The summed E-state index contributed by atoms with van der Waals surface area (Å²) in [6.45, 7) is 3.02. The lowest BCUT2D eigenvalue weighted by Crippen LogP contribution is -2.42. The Morgan fingerprint density at radius 3 is 2.50 bits per heavy atom. The number of imide groups is 1. The summed E-state index contributed by atoms with van der Waals surface area (Å²) in [7, 11) is 1.54. The highest BCUT2D eigenvalue weighted by molar-refractivity contribution is 6.30. The smallest absolute Gasteiger partial charge is 0.325 e. The van der Waals surface area contributed by atoms with Gasteiger partial charge in [0.05, 0.1) is 7.11 Å². The number of halogens is 1. The zero-order chi connectivity index (χ0) is 20.5. The van der Waals surface area contributed by atoms with E-state index in [2.05, 4.69) is 10.6 Å². The molecule has 1 aliphatic rings. The van der Waals surface area contributed by atoms with E-state index >= 15 is 0 Å². The lowest BCUT2D eigenvalue weighted by molar-refractivity contribution is -0.133. The van der Waals surface area contributed by atoms with Gasteiger partial charge in [0, 0.05) is 10.7 Å². The first-order chi connectivity index (χ1) is 13.2. The van der Waals surface area contributed by atoms with Crippen LogP contribution in [0.3, 0.4) is 0 Å². The molecule has 0 saturated carbocycles. The van der Waals surface area contributed by atoms with Crippen LogP contribution in [0.15, 0.2) is 42.5 Å². The van der Waals surface area contributed by atoms with Crippen molar-refractivity contribution in [3.05, 3.63) is 58.6 Å². The number of ether oxygens (including phenoxy) is 1. The van der Waals surface area contributed by atoms with Gasteiger partial charge in [0.15, 0.2) is 0 Å². The number of carbonyl (C=O) groups excluding carboxylic acids is 3. The molecule has 146 valence electrons. The van der Waals surface area contributed by atoms with Gasteiger partial charge in [-0.05, 0) is 55.3 Å². The molecule has 2 N–H and O–H groups in total. The van der Waals surface area contributed by atoms with Gasteiger partial charge < -0.3 is 15.4 Å². The number of urea groups is 1. The van der Waals surface area contributed by atoms with Crippen molar-refractivity contribution in [3.63, 3.8) is 0 Å². The van der Waals surface area contributed by atoms with Gasteiger partial charge in [-0.3, -0.25) is 14.5 Å². The van der Waals surface area contributed by atoms with Crippen LogP contribution in [0.1, 0.15) is 18.1 Å². The topological polar surface area (TPSA) is 87.7 Å². The molecule has 3 rings (SSSR count). The van der Waals surface area contributed by atoms with E-state index in [1.165, 1.54) is 0 Å². The lowest BCUT2D eigenvalue weighted by atomic mass is 9.92. The van der Waals surface area contributed by atoms with E-state index in [1.807, 2.05) is 0 Å². The normalized spacial score (nSPS) is 18.8. The molecule has 0 radical (unpaired) electrons. The minimum absolute atomic E-state index is 0.390. The Balaban J connectivity index is 1.74. The van der Waals surface area contributed by atoms with Gasteiger partial charge in [-0.25, -0.2) is 4.79 Å². The summed E-state index contributed by atoms with van der Waals surface area (Å²) in [5, 5.41) is 5.93. The summed E-state index contributed by atoms with van der Waals surface area (Å²) >= 11 is 5.91. The van der Waals surface area contributed by atoms with Crippen molar-refractivity contribution in [1.29, 1.82) is 0 Å². The van der Waals surface area contributed by atoms with Crippen molar-refractivity contribution in [2.24, 2.45) is 0 Å². The van der Waals surface area contributed by atoms with E-state index in [-0.39, 0.29) is 0 Å². The van der Waals surface area contributed by atoms with E-state index in [1.54, 1.807) is 63.4 Å². The third kappa shape index (κ3) is 3.66. The lowest BCUT2D eigenvalue weighted by Gasteiger charge is -2.22. The van der Waals surface area contributed by atoms with Crippen LogP contribution >= 0.6 is 11.6 Å². The molecule has 1 heterocycles. The quantitative estimate of drug-likeness (QED) is 0.754. The monoisotopic (exact) mass is 401 g/mol. The number of hydrogen-bond acceptors (Lipinski definition) is 4. The van der Waals surface area contributed by atoms with Gasteiger partial charge in [-0.1, -0.05) is 23.7 Å². The average Bonchev–Trinajstić information content (AvgIpc) is 2.88. The summed E-state index contributed by atoms with van der Waals surface area (Å²) < 4.78 is 5.12. The molecular formula is C20H20ClN3O4. The van der Waals surface area contributed by atoms with Gasteiger partial charge in [-0.2, -0.15) is 0 Å². The molecule has 4 amide bonds. The second-order valence-electron chi connectivity index (χ2n) is 6.68. The van der Waals surface area contributed by atoms with Crippen LogP contribution in [-0.4, -0.2) is 36.4 Å². The van der Waals surface area contributed by atoms with Gasteiger partial charge in [0.1, 0.15) is 17.8 Å². The van der Waals surface area contributed by atoms with E-state index in [4.69, 9.17) is 16.3 Å². The molecular weight excluding hydrogens is 382 g/mol. The number of nitrogens with one attached hydrogen (secondary N) is 2. The van der Waals surface area contributed by atoms with Crippen LogP contribution in [0.25, 0.3) is 0 Å². The highest BCUT2D eigenvalue weighted by Gasteiger charge is 2.49. The first-order valence-corrected chi connectivity index (χ1v) is 8.97. The fourth-order valence-corrected chi connectivity index (χ4v) is 3.29. The SMILES string of the molecule is COc1ccc(C2(C)NC(=O)N(CC(=O)Nc3ccc(Cl)cc3C)C2=O)cc1. The van der Waals surface area contributed by atoms with Crippen LogP contribution in [0, 0.1) is 6.92 Å². The van der Waals surface area contributed by atoms with E-state index in [0.29, 0.717) is 22.0 Å². The predicted molar refractivity (Wildman–Crippen MR) is 105 cm³/mol. The van der Waals surface area contributed by atoms with Crippen molar-refractivity contribution in [3.8, 4) is 5.75 Å². The molecule has 0 spiro atoms. The van der Waals surface area contributed by atoms with Crippen molar-refractivity contribution < 1.29 is 19.1 Å². The van der Waals surface area contributed by atoms with Gasteiger partial charge >= 0.3 is 6.03 Å². The van der Waals surface area contributed by atoms with Crippen molar-refractivity contribution >= 4 is 35.1 Å². The van der Waals surface area contributed by atoms with Crippen LogP contribution in [0.5, 0.6) is 5.75 Å². The van der Waals surface area contributed by atoms with Crippen LogP contribution in [0.2, 0.25) is 5.02 Å². The third-order valence-electron chi connectivity index (χ3n) is 4.71. The zero-order valence-corrected chi connectivity index (χ0v) is 16.5. The number of carbonyl (C=O) groups is 3. The third-order valence-corrected chi connectivity index (χ3v) is 4.94. The summed E-state index contributed by atoms with van der Waals surface area (Å²) in [6, 6.07) is 11.2. The maximum atomic E-state index is 12.9. The van der Waals surface area contributed by atoms with Crippen LogP contribution in [0.4, 0.5) is 10.5 Å². The molecule has 1 fully saturated rings. The second-order valence-corrected chi connectivity index (χ2v) is 7.12. The summed E-state index contributed by atoms with van der Waals surface area (Å²) in [5.41, 5.74) is 0.698. The second kappa shape index (κ2) is 7.52. The van der Waals surface area contributed by atoms with Crippen molar-refractivity contribution in [2.75, 3.05) is 19.0 Å². The number of amides is 4. The first kappa shape index (κ1) is 19.7. The first-order valence-electron chi connectivity index (χ1n) is 8.59. The molecule has 1 atom stereocenters. The molecule has 8 heteroatoms. The maximum absolute atomic E-state index is 12.9. The Morgan fingerprint density at radius 1 is 1.21 bits per heavy atom. The van der Waals surface area contributed by atoms with Crippen molar-refractivity contribution in [2.45, 2.75) is 19.4 Å². The molecule has 28 heavy (non-hydrogen) atoms. The number of benzene rings is 2. The molecule has 1 aliphatic heterocycles. The molecule has 0 bridgehead atoms. The fraction of sp³-hybridized carbons (Fsp3) is 0.250. The Morgan fingerprint density at radius 2 is 1.89 bits per heavy atom. The fourth-order valence-electron chi connectivity index (χ4n) is 3.06. The molecule has 0 aliphatic carbocycles. The molecule has 2 aromatic rings. The van der Waals surface area contributed by atoms with E-state index in [0.717, 1.165) is 10.5 Å². The molecule has 1 unspecified atom stereocenters. The van der Waals surface area contributed by atoms with Gasteiger partial charge in [0.2, 0.25) is 5.91 Å². The number of rotatable bonds is 5. The van der Waals surface area contributed by atoms with Crippen LogP contribution < -0.4 is 15.4 Å². The number of anilines is 1. The zero-order valence-electron chi connectivity index (χ0n) is 15.7. The number of nitrogens with zero attached hydrogens (tertiary/aromatic N) is 1. The van der Waals surface area contributed by atoms with Gasteiger partial charge in [0.25, 0.3) is 5.91 Å². The number of methoxy groups -OCH3 is 1. The summed E-state index contributed by atoms with van der Waals surface area (Å²) in [5.74, 6) is -0.336. The molecule has 0 aromatic heterocycles. The minimum atomic E-state index is -1.25. The Labute approximate surface area is 167 Å². The Kier molecular flexibility index (Phi) is 5.29. The average molecular weight is 402 g/mol. The highest BCUT2D eigenvalue weighted by Crippen LogP contribution is 2.30. The number of hydrogen-bond donors (Lipinski definition) is 2.